The minimum atomic E-state index is -1.09. The summed E-state index contributed by atoms with van der Waals surface area (Å²) in [4.78, 5) is 21.5. The maximum atomic E-state index is 10.8. The number of anilines is 2. The number of nitrogen functional groups attached to an aromatic ring is 1. The van der Waals surface area contributed by atoms with Crippen LogP contribution in [0.1, 0.15) is 17.3 Å². The van der Waals surface area contributed by atoms with Crippen LogP contribution in [-0.4, -0.2) is 23.0 Å². The standard InChI is InChI=1S/C10H13N3O3/c1-5(9(12)14)13-6-2-3-7(10(15)16)8(11)4-6/h2-5,13H,11H2,1H3,(H2,12,14)(H,15,16). The fraction of sp³-hybridized carbons (Fsp3) is 0.200. The van der Waals surface area contributed by atoms with Gasteiger partial charge in [0.1, 0.15) is 6.04 Å². The summed E-state index contributed by atoms with van der Waals surface area (Å²) in [5.74, 6) is -1.59. The molecule has 0 radical (unpaired) electrons. The maximum absolute atomic E-state index is 10.8. The molecule has 6 N–H and O–H groups in total. The zero-order chi connectivity index (χ0) is 12.3. The number of benzene rings is 1. The third-order valence-corrected chi connectivity index (χ3v) is 2.09. The number of primary amides is 1. The van der Waals surface area contributed by atoms with Crippen LogP contribution in [0.15, 0.2) is 18.2 Å². The van der Waals surface area contributed by atoms with Gasteiger partial charge in [-0.2, -0.15) is 0 Å². The topological polar surface area (TPSA) is 118 Å². The molecule has 1 atom stereocenters. The van der Waals surface area contributed by atoms with Gasteiger partial charge in [0.2, 0.25) is 5.91 Å². The molecule has 1 aromatic carbocycles. The monoisotopic (exact) mass is 223 g/mol. The van der Waals surface area contributed by atoms with Gasteiger partial charge in [0, 0.05) is 11.4 Å². The van der Waals surface area contributed by atoms with E-state index in [4.69, 9.17) is 16.6 Å². The van der Waals surface area contributed by atoms with Crippen LogP contribution in [0, 0.1) is 0 Å². The third kappa shape index (κ3) is 2.63. The Hall–Kier alpha value is -2.24. The van der Waals surface area contributed by atoms with Gasteiger partial charge in [0.05, 0.1) is 5.56 Å². The summed E-state index contributed by atoms with van der Waals surface area (Å²) in [5.41, 5.74) is 11.3. The molecule has 6 heteroatoms. The molecule has 1 aromatic rings. The van der Waals surface area contributed by atoms with E-state index in [0.717, 1.165) is 0 Å². The first-order chi connectivity index (χ1) is 7.41. The first kappa shape index (κ1) is 11.8. The molecule has 0 spiro atoms. The molecule has 16 heavy (non-hydrogen) atoms. The van der Waals surface area contributed by atoms with Gasteiger partial charge in [-0.15, -0.1) is 0 Å². The van der Waals surface area contributed by atoms with Crippen LogP contribution < -0.4 is 16.8 Å². The number of carbonyl (C=O) groups excluding carboxylic acids is 1. The zero-order valence-electron chi connectivity index (χ0n) is 8.73. The number of hydrogen-bond acceptors (Lipinski definition) is 4. The Kier molecular flexibility index (Phi) is 3.34. The molecule has 0 fully saturated rings. The summed E-state index contributed by atoms with van der Waals surface area (Å²) in [6.45, 7) is 1.60. The summed E-state index contributed by atoms with van der Waals surface area (Å²) in [7, 11) is 0. The van der Waals surface area contributed by atoms with E-state index in [-0.39, 0.29) is 11.3 Å². The van der Waals surface area contributed by atoms with Crippen LogP contribution in [0.4, 0.5) is 11.4 Å². The van der Waals surface area contributed by atoms with Crippen LogP contribution in [-0.2, 0) is 4.79 Å². The van der Waals surface area contributed by atoms with Gasteiger partial charge in [0.15, 0.2) is 0 Å². The second-order valence-electron chi connectivity index (χ2n) is 3.38. The van der Waals surface area contributed by atoms with Crippen LogP contribution in [0.3, 0.4) is 0 Å². The highest BCUT2D eigenvalue weighted by Gasteiger charge is 2.11. The van der Waals surface area contributed by atoms with E-state index in [9.17, 15) is 9.59 Å². The highest BCUT2D eigenvalue weighted by Crippen LogP contribution is 2.18. The Bertz CT molecular complexity index is 431. The fourth-order valence-electron chi connectivity index (χ4n) is 1.17. The van der Waals surface area contributed by atoms with E-state index in [1.807, 2.05) is 0 Å². The normalized spacial score (nSPS) is 11.8. The summed E-state index contributed by atoms with van der Waals surface area (Å²) in [6.07, 6.45) is 0. The van der Waals surface area contributed by atoms with Crippen molar-refractivity contribution in [3.8, 4) is 0 Å². The zero-order valence-corrected chi connectivity index (χ0v) is 8.73. The minimum Gasteiger partial charge on any atom is -0.478 e. The smallest absolute Gasteiger partial charge is 0.337 e. The molecule has 6 nitrogen and oxygen atoms in total. The molecule has 86 valence electrons. The van der Waals surface area contributed by atoms with Crippen LogP contribution in [0.5, 0.6) is 0 Å². The Morgan fingerprint density at radius 1 is 1.44 bits per heavy atom. The molecule has 1 amide bonds. The van der Waals surface area contributed by atoms with Crippen molar-refractivity contribution >= 4 is 23.3 Å². The molecule has 0 bridgehead atoms. The molecule has 0 saturated carbocycles. The molecule has 1 unspecified atom stereocenters. The van der Waals surface area contributed by atoms with Crippen molar-refractivity contribution < 1.29 is 14.7 Å². The first-order valence-corrected chi connectivity index (χ1v) is 4.60. The van der Waals surface area contributed by atoms with Gasteiger partial charge in [-0.1, -0.05) is 0 Å². The first-order valence-electron chi connectivity index (χ1n) is 4.60. The number of amides is 1. The average molecular weight is 223 g/mol. The van der Waals surface area contributed by atoms with Crippen molar-refractivity contribution in [2.75, 3.05) is 11.1 Å². The van der Waals surface area contributed by atoms with Crippen molar-refractivity contribution in [3.63, 3.8) is 0 Å². The van der Waals surface area contributed by atoms with Crippen molar-refractivity contribution in [3.05, 3.63) is 23.8 Å². The van der Waals surface area contributed by atoms with E-state index < -0.39 is 17.9 Å². The second-order valence-corrected chi connectivity index (χ2v) is 3.38. The molecule has 0 saturated heterocycles. The number of nitrogens with one attached hydrogen (secondary N) is 1. The SMILES string of the molecule is CC(Nc1ccc(C(=O)O)c(N)c1)C(N)=O. The van der Waals surface area contributed by atoms with Crippen LogP contribution >= 0.6 is 0 Å². The largest absolute Gasteiger partial charge is 0.478 e. The van der Waals surface area contributed by atoms with E-state index in [2.05, 4.69) is 5.32 Å². The second kappa shape index (κ2) is 4.52. The molecule has 0 aliphatic heterocycles. The number of carboxylic acid groups (broad SMARTS) is 1. The average Bonchev–Trinajstić information content (AvgIpc) is 2.16. The summed E-state index contributed by atoms with van der Waals surface area (Å²) in [6, 6.07) is 3.80. The van der Waals surface area contributed by atoms with Crippen LogP contribution in [0.2, 0.25) is 0 Å². The Labute approximate surface area is 92.2 Å². The lowest BCUT2D eigenvalue weighted by molar-refractivity contribution is -0.118. The van der Waals surface area contributed by atoms with Crippen molar-refractivity contribution in [1.82, 2.24) is 0 Å². The van der Waals surface area contributed by atoms with Gasteiger partial charge in [-0.05, 0) is 25.1 Å². The Morgan fingerprint density at radius 3 is 2.50 bits per heavy atom. The molecule has 0 aliphatic carbocycles. The maximum Gasteiger partial charge on any atom is 0.337 e. The molecule has 1 rings (SSSR count). The Balaban J connectivity index is 2.89. The van der Waals surface area contributed by atoms with Crippen molar-refractivity contribution in [1.29, 1.82) is 0 Å². The molecule has 0 aromatic heterocycles. The van der Waals surface area contributed by atoms with Gasteiger partial charge >= 0.3 is 5.97 Å². The van der Waals surface area contributed by atoms with Crippen molar-refractivity contribution in [2.45, 2.75) is 13.0 Å². The number of carboxylic acids is 1. The van der Waals surface area contributed by atoms with Gasteiger partial charge in [-0.3, -0.25) is 4.79 Å². The van der Waals surface area contributed by atoms with Crippen molar-refractivity contribution in [2.24, 2.45) is 5.73 Å². The molecular formula is C10H13N3O3. The van der Waals surface area contributed by atoms with E-state index in [1.54, 1.807) is 6.92 Å². The predicted octanol–water partition coefficient (Wildman–Crippen LogP) is 0.253. The number of nitrogens with two attached hydrogens (primary N) is 2. The fourth-order valence-corrected chi connectivity index (χ4v) is 1.17. The van der Waals surface area contributed by atoms with E-state index in [0.29, 0.717) is 5.69 Å². The quantitative estimate of drug-likeness (QED) is 0.546. The molecule has 0 aliphatic rings. The molecular weight excluding hydrogens is 210 g/mol. The summed E-state index contributed by atoms with van der Waals surface area (Å²) < 4.78 is 0. The Morgan fingerprint density at radius 2 is 2.06 bits per heavy atom. The highest BCUT2D eigenvalue weighted by molar-refractivity contribution is 5.94. The number of hydrogen-bond donors (Lipinski definition) is 4. The lowest BCUT2D eigenvalue weighted by atomic mass is 10.1. The summed E-state index contributed by atoms with van der Waals surface area (Å²) >= 11 is 0. The van der Waals surface area contributed by atoms with E-state index >= 15 is 0 Å². The number of aromatic carboxylic acids is 1. The van der Waals surface area contributed by atoms with E-state index in [1.165, 1.54) is 18.2 Å². The number of carbonyl (C=O) groups is 2. The lowest BCUT2D eigenvalue weighted by Gasteiger charge is -2.12. The highest BCUT2D eigenvalue weighted by atomic mass is 16.4. The third-order valence-electron chi connectivity index (χ3n) is 2.09. The number of rotatable bonds is 4. The minimum absolute atomic E-state index is 0.0253. The lowest BCUT2D eigenvalue weighted by Crippen LogP contribution is -2.32. The molecule has 0 heterocycles. The van der Waals surface area contributed by atoms with Gasteiger partial charge in [-0.25, -0.2) is 4.79 Å². The predicted molar refractivity (Wildman–Crippen MR) is 60.1 cm³/mol. The summed E-state index contributed by atoms with van der Waals surface area (Å²) in [5, 5.41) is 11.6. The van der Waals surface area contributed by atoms with Crippen LogP contribution in [0.25, 0.3) is 0 Å². The van der Waals surface area contributed by atoms with Gasteiger partial charge in [0.25, 0.3) is 0 Å². The van der Waals surface area contributed by atoms with Gasteiger partial charge < -0.3 is 21.9 Å².